The Balaban J connectivity index is 2.64. The van der Waals surface area contributed by atoms with Gasteiger partial charge in [-0.15, -0.1) is 0 Å². The number of aliphatic hydroxyl groups is 2. The van der Waals surface area contributed by atoms with E-state index < -0.39 is 62.3 Å². The summed E-state index contributed by atoms with van der Waals surface area (Å²) in [5.74, 6) is -3.24. The molecule has 0 aromatic heterocycles. The van der Waals surface area contributed by atoms with Crippen LogP contribution >= 0.6 is 0 Å². The number of ether oxygens (including phenoxy) is 4. The number of rotatable bonds is 2. The second-order valence-corrected chi connectivity index (χ2v) is 5.05. The van der Waals surface area contributed by atoms with Crippen LogP contribution in [0.3, 0.4) is 0 Å². The van der Waals surface area contributed by atoms with E-state index in [4.69, 9.17) is 29.2 Å². The first-order valence-electron chi connectivity index (χ1n) is 7.77. The third-order valence-electron chi connectivity index (χ3n) is 3.01. The van der Waals surface area contributed by atoms with Crippen LogP contribution in [-0.4, -0.2) is 98.9 Å². The molecule has 0 unspecified atom stereocenters. The number of hydrogen-bond donors (Lipinski definition) is 4. The molecule has 1 heterocycles. The summed E-state index contributed by atoms with van der Waals surface area (Å²) < 4.78 is 19.6. The molecule has 2 amide bonds. The Kier molecular flexibility index (Phi) is 10.2. The highest BCUT2D eigenvalue weighted by Crippen LogP contribution is 1.93. The number of aliphatic hydroxyl groups excluding tert-OH is 2. The van der Waals surface area contributed by atoms with Crippen molar-refractivity contribution >= 4 is 23.8 Å². The van der Waals surface area contributed by atoms with E-state index in [1.54, 1.807) is 0 Å². The first kappa shape index (κ1) is 21.8. The maximum Gasteiger partial charge on any atom is 0.331 e. The molecule has 2 atom stereocenters. The van der Waals surface area contributed by atoms with Gasteiger partial charge >= 0.3 is 11.9 Å². The number of nitrogens with one attached hydrogen (secondary N) is 2. The number of amides is 2. The molecule has 1 fully saturated rings. The number of carbonyl (C=O) groups excluding carboxylic acids is 4. The smallest absolute Gasteiger partial charge is 0.331 e. The van der Waals surface area contributed by atoms with E-state index in [9.17, 15) is 19.2 Å². The van der Waals surface area contributed by atoms with Crippen LogP contribution < -0.4 is 10.6 Å². The van der Waals surface area contributed by atoms with Crippen molar-refractivity contribution in [2.45, 2.75) is 12.1 Å². The molecular formula is C14H22N2O10. The standard InChI is InChI=1S/C14H22N2O10/c17-5-9-13(21)25-3-1-23-2-4-26-14(22)10(6-18)16-12(20)8-24-7-11(19)15-9/h9-10,17-18H,1-8H2,(H,15,19)(H,16,20)/t9-,10+. The molecule has 1 aliphatic rings. The lowest BCUT2D eigenvalue weighted by Crippen LogP contribution is -2.47. The zero-order chi connectivity index (χ0) is 19.4. The molecule has 12 heteroatoms. The number of cyclic esters (lactones) is 2. The summed E-state index contributed by atoms with van der Waals surface area (Å²) in [5.41, 5.74) is 0. The van der Waals surface area contributed by atoms with Gasteiger partial charge in [0.25, 0.3) is 0 Å². The maximum absolute atomic E-state index is 11.7. The van der Waals surface area contributed by atoms with Gasteiger partial charge in [0, 0.05) is 0 Å². The molecule has 0 aliphatic carbocycles. The minimum absolute atomic E-state index is 0.00133. The van der Waals surface area contributed by atoms with Crippen LogP contribution in [-0.2, 0) is 38.1 Å². The first-order valence-corrected chi connectivity index (χ1v) is 7.77. The molecular weight excluding hydrogens is 356 g/mol. The maximum atomic E-state index is 11.7. The SMILES string of the molecule is O=C1COCC(=O)N[C@H](CO)C(=O)OCCOCCOC(=O)[C@H](CO)N1. The van der Waals surface area contributed by atoms with Crippen LogP contribution in [0.25, 0.3) is 0 Å². The van der Waals surface area contributed by atoms with Crippen LogP contribution in [0.4, 0.5) is 0 Å². The Labute approximate surface area is 148 Å². The fourth-order valence-corrected chi connectivity index (χ4v) is 1.77. The highest BCUT2D eigenvalue weighted by atomic mass is 16.6. The molecule has 0 radical (unpaired) electrons. The van der Waals surface area contributed by atoms with Gasteiger partial charge in [-0.3, -0.25) is 9.59 Å². The average molecular weight is 378 g/mol. The molecule has 1 aliphatic heterocycles. The van der Waals surface area contributed by atoms with Crippen molar-refractivity contribution in [2.75, 3.05) is 52.9 Å². The Morgan fingerprint density at radius 2 is 1.15 bits per heavy atom. The van der Waals surface area contributed by atoms with Gasteiger partial charge in [0.05, 0.1) is 26.4 Å². The molecule has 1 rings (SSSR count). The van der Waals surface area contributed by atoms with Crippen molar-refractivity contribution in [3.63, 3.8) is 0 Å². The van der Waals surface area contributed by atoms with Gasteiger partial charge in [-0.05, 0) is 0 Å². The van der Waals surface area contributed by atoms with E-state index in [0.717, 1.165) is 0 Å². The molecule has 1 saturated heterocycles. The molecule has 26 heavy (non-hydrogen) atoms. The fourth-order valence-electron chi connectivity index (χ4n) is 1.77. The minimum atomic E-state index is -1.28. The van der Waals surface area contributed by atoms with Crippen molar-refractivity contribution in [3.8, 4) is 0 Å². The van der Waals surface area contributed by atoms with E-state index in [0.29, 0.717) is 0 Å². The van der Waals surface area contributed by atoms with Crippen LogP contribution in [0.1, 0.15) is 0 Å². The molecule has 0 saturated carbocycles. The van der Waals surface area contributed by atoms with Gasteiger partial charge in [-0.25, -0.2) is 9.59 Å². The van der Waals surface area contributed by atoms with Crippen molar-refractivity contribution in [2.24, 2.45) is 0 Å². The van der Waals surface area contributed by atoms with Crippen LogP contribution in [0.2, 0.25) is 0 Å². The minimum Gasteiger partial charge on any atom is -0.462 e. The van der Waals surface area contributed by atoms with Crippen LogP contribution in [0, 0.1) is 0 Å². The van der Waals surface area contributed by atoms with Crippen molar-refractivity contribution in [1.82, 2.24) is 10.6 Å². The van der Waals surface area contributed by atoms with Crippen molar-refractivity contribution < 1.29 is 48.3 Å². The van der Waals surface area contributed by atoms with Gasteiger partial charge in [0.2, 0.25) is 11.8 Å². The van der Waals surface area contributed by atoms with Crippen LogP contribution in [0.15, 0.2) is 0 Å². The van der Waals surface area contributed by atoms with Gasteiger partial charge in [-0.1, -0.05) is 0 Å². The number of hydrogen-bond acceptors (Lipinski definition) is 10. The summed E-state index contributed by atoms with van der Waals surface area (Å²) in [4.78, 5) is 46.7. The number of esters is 2. The Hall–Kier alpha value is -2.28. The third-order valence-corrected chi connectivity index (χ3v) is 3.01. The molecule has 0 aromatic carbocycles. The zero-order valence-electron chi connectivity index (χ0n) is 14.0. The molecule has 12 nitrogen and oxygen atoms in total. The predicted molar refractivity (Wildman–Crippen MR) is 81.6 cm³/mol. The largest absolute Gasteiger partial charge is 0.462 e. The highest BCUT2D eigenvalue weighted by molar-refractivity contribution is 5.86. The Morgan fingerprint density at radius 1 is 0.731 bits per heavy atom. The average Bonchev–Trinajstić information content (AvgIpc) is 2.62. The molecule has 4 N–H and O–H groups in total. The van der Waals surface area contributed by atoms with E-state index in [2.05, 4.69) is 10.6 Å². The molecule has 0 aromatic rings. The normalized spacial score (nSPS) is 25.2. The van der Waals surface area contributed by atoms with Gasteiger partial charge in [-0.2, -0.15) is 0 Å². The third kappa shape index (κ3) is 8.20. The summed E-state index contributed by atoms with van der Waals surface area (Å²) in [5, 5.41) is 22.6. The zero-order valence-corrected chi connectivity index (χ0v) is 14.0. The quantitative estimate of drug-likeness (QED) is 0.348. The molecule has 148 valence electrons. The summed E-state index contributed by atoms with van der Waals surface area (Å²) >= 11 is 0. The topological polar surface area (TPSA) is 170 Å². The molecule has 0 spiro atoms. The first-order chi connectivity index (χ1) is 12.5. The monoisotopic (exact) mass is 378 g/mol. The highest BCUT2D eigenvalue weighted by Gasteiger charge is 2.23. The summed E-state index contributed by atoms with van der Waals surface area (Å²) in [6, 6.07) is -2.56. The van der Waals surface area contributed by atoms with Crippen LogP contribution in [0.5, 0.6) is 0 Å². The van der Waals surface area contributed by atoms with E-state index >= 15 is 0 Å². The second-order valence-electron chi connectivity index (χ2n) is 5.05. The van der Waals surface area contributed by atoms with Crippen molar-refractivity contribution in [3.05, 3.63) is 0 Å². The lowest BCUT2D eigenvalue weighted by atomic mass is 10.3. The summed E-state index contributed by atoms with van der Waals surface area (Å²) in [7, 11) is 0. The lowest BCUT2D eigenvalue weighted by molar-refractivity contribution is -0.153. The second kappa shape index (κ2) is 12.1. The Morgan fingerprint density at radius 3 is 1.54 bits per heavy atom. The lowest BCUT2D eigenvalue weighted by Gasteiger charge is -2.17. The van der Waals surface area contributed by atoms with Gasteiger partial charge < -0.3 is 39.8 Å². The summed E-state index contributed by atoms with van der Waals surface area (Å²) in [6.07, 6.45) is 0. The fraction of sp³-hybridized carbons (Fsp3) is 0.714. The van der Waals surface area contributed by atoms with E-state index in [1.807, 2.05) is 0 Å². The van der Waals surface area contributed by atoms with Crippen molar-refractivity contribution in [1.29, 1.82) is 0 Å². The van der Waals surface area contributed by atoms with E-state index in [-0.39, 0.29) is 26.4 Å². The molecule has 0 bridgehead atoms. The van der Waals surface area contributed by atoms with Gasteiger partial charge in [0.1, 0.15) is 26.4 Å². The Bertz CT molecular complexity index is 456. The number of carbonyl (C=O) groups is 4. The van der Waals surface area contributed by atoms with Gasteiger partial charge in [0.15, 0.2) is 12.1 Å². The predicted octanol–water partition coefficient (Wildman–Crippen LogP) is -3.93. The summed E-state index contributed by atoms with van der Waals surface area (Å²) in [6.45, 7) is -2.78. The van der Waals surface area contributed by atoms with E-state index in [1.165, 1.54) is 0 Å².